The van der Waals surface area contributed by atoms with Crippen molar-refractivity contribution >= 4 is 8.56 Å². The summed E-state index contributed by atoms with van der Waals surface area (Å²) in [5, 5.41) is 0. The highest BCUT2D eigenvalue weighted by molar-refractivity contribution is 6.67. The Balaban J connectivity index is 4.94. The van der Waals surface area contributed by atoms with E-state index >= 15 is 0 Å². The van der Waals surface area contributed by atoms with Crippen LogP contribution < -0.4 is 0 Å². The third kappa shape index (κ3) is 6.91. The topological polar surface area (TPSA) is 18.5 Å². The highest BCUT2D eigenvalue weighted by atomic mass is 28.4. The Morgan fingerprint density at radius 1 is 0.889 bits per heavy atom. The van der Waals surface area contributed by atoms with E-state index in [1.54, 1.807) is 0 Å². The second-order valence-corrected chi connectivity index (χ2v) is 9.56. The van der Waals surface area contributed by atoms with Crippen LogP contribution in [0, 0.1) is 11.3 Å². The van der Waals surface area contributed by atoms with Crippen molar-refractivity contribution < 1.29 is 8.85 Å². The number of hydrogen-bond acceptors (Lipinski definition) is 2. The van der Waals surface area contributed by atoms with E-state index in [0.717, 1.165) is 31.2 Å². The third-order valence-corrected chi connectivity index (χ3v) is 7.80. The summed E-state index contributed by atoms with van der Waals surface area (Å²) in [7, 11) is -2.04. The molecule has 0 spiro atoms. The Morgan fingerprint density at radius 2 is 1.33 bits per heavy atom. The molecule has 0 fully saturated rings. The van der Waals surface area contributed by atoms with E-state index in [1.807, 2.05) is 0 Å². The molecular formula is C15H34O2Si. The van der Waals surface area contributed by atoms with Gasteiger partial charge in [-0.15, -0.1) is 0 Å². The summed E-state index contributed by atoms with van der Waals surface area (Å²) in [5.74, 6) is 0.747. The van der Waals surface area contributed by atoms with E-state index in [4.69, 9.17) is 8.85 Å². The van der Waals surface area contributed by atoms with Gasteiger partial charge in [0.15, 0.2) is 0 Å². The van der Waals surface area contributed by atoms with Crippen LogP contribution in [0.3, 0.4) is 0 Å². The average molecular weight is 275 g/mol. The van der Waals surface area contributed by atoms with Crippen molar-refractivity contribution in [1.29, 1.82) is 0 Å². The van der Waals surface area contributed by atoms with Crippen LogP contribution in [0.25, 0.3) is 0 Å². The lowest BCUT2D eigenvalue weighted by Gasteiger charge is -2.37. The molecule has 2 nitrogen and oxygen atoms in total. The largest absolute Gasteiger partial charge is 0.394 e. The van der Waals surface area contributed by atoms with E-state index in [1.165, 1.54) is 12.8 Å². The molecule has 0 aromatic heterocycles. The summed E-state index contributed by atoms with van der Waals surface area (Å²) in [5.41, 5.74) is 0.280. The van der Waals surface area contributed by atoms with E-state index in [9.17, 15) is 0 Å². The molecule has 0 atom stereocenters. The molecule has 0 rings (SSSR count). The Kier molecular flexibility index (Phi) is 8.40. The molecule has 0 unspecified atom stereocenters. The third-order valence-electron chi connectivity index (χ3n) is 3.37. The summed E-state index contributed by atoms with van der Waals surface area (Å²) in [6.45, 7) is 17.2. The molecule has 3 heteroatoms. The Morgan fingerprint density at radius 3 is 1.61 bits per heavy atom. The second kappa shape index (κ2) is 8.34. The molecule has 0 N–H and O–H groups in total. The molecule has 110 valence electrons. The van der Waals surface area contributed by atoms with Crippen molar-refractivity contribution in [3.8, 4) is 0 Å². The summed E-state index contributed by atoms with van der Waals surface area (Å²) < 4.78 is 12.4. The normalized spacial score (nSPS) is 13.3. The fourth-order valence-corrected chi connectivity index (χ4v) is 7.48. The molecule has 0 aliphatic heterocycles. The SMILES string of the molecule is CCO[Si](CC(CC)CC)(CC(C)(C)C)OCC. The highest BCUT2D eigenvalue weighted by Gasteiger charge is 2.42. The maximum atomic E-state index is 6.20. The van der Waals surface area contributed by atoms with Gasteiger partial charge in [0.05, 0.1) is 0 Å². The van der Waals surface area contributed by atoms with Crippen LogP contribution in [0.2, 0.25) is 12.1 Å². The molecule has 0 bridgehead atoms. The van der Waals surface area contributed by atoms with Crippen LogP contribution in [-0.2, 0) is 8.85 Å². The molecule has 0 amide bonds. The van der Waals surface area contributed by atoms with Gasteiger partial charge in [0.2, 0.25) is 0 Å². The predicted molar refractivity (Wildman–Crippen MR) is 82.1 cm³/mol. The number of hydrogen-bond donors (Lipinski definition) is 0. The van der Waals surface area contributed by atoms with Crippen LogP contribution >= 0.6 is 0 Å². The van der Waals surface area contributed by atoms with Gasteiger partial charge < -0.3 is 8.85 Å². The summed E-state index contributed by atoms with van der Waals surface area (Å²) >= 11 is 0. The smallest absolute Gasteiger partial charge is 0.338 e. The van der Waals surface area contributed by atoms with E-state index in [2.05, 4.69) is 48.5 Å². The van der Waals surface area contributed by atoms with Crippen LogP contribution in [-0.4, -0.2) is 21.8 Å². The molecular weight excluding hydrogens is 240 g/mol. The van der Waals surface area contributed by atoms with Gasteiger partial charge in [-0.3, -0.25) is 0 Å². The molecule has 0 aromatic carbocycles. The van der Waals surface area contributed by atoms with Crippen molar-refractivity contribution in [2.24, 2.45) is 11.3 Å². The standard InChI is InChI=1S/C15H34O2Si/c1-8-14(9-2)12-18(16-10-3,17-11-4)13-15(5,6)7/h14H,8-13H2,1-7H3. The van der Waals surface area contributed by atoms with Gasteiger partial charge in [0.25, 0.3) is 0 Å². The number of rotatable bonds is 9. The lowest BCUT2D eigenvalue weighted by molar-refractivity contribution is 0.164. The lowest BCUT2D eigenvalue weighted by atomic mass is 10.0. The Bertz CT molecular complexity index is 201. The van der Waals surface area contributed by atoms with Crippen LogP contribution in [0.1, 0.15) is 61.3 Å². The average Bonchev–Trinajstić information content (AvgIpc) is 2.24. The first-order valence-electron chi connectivity index (χ1n) is 7.60. The highest BCUT2D eigenvalue weighted by Crippen LogP contribution is 2.35. The predicted octanol–water partition coefficient (Wildman–Crippen LogP) is 4.98. The van der Waals surface area contributed by atoms with E-state index < -0.39 is 8.56 Å². The molecule has 0 aromatic rings. The maximum absolute atomic E-state index is 6.20. The van der Waals surface area contributed by atoms with Gasteiger partial charge in [0.1, 0.15) is 0 Å². The molecule has 0 heterocycles. The monoisotopic (exact) mass is 274 g/mol. The van der Waals surface area contributed by atoms with Gasteiger partial charge >= 0.3 is 8.56 Å². The van der Waals surface area contributed by atoms with Gasteiger partial charge in [-0.2, -0.15) is 0 Å². The summed E-state index contributed by atoms with van der Waals surface area (Å²) in [4.78, 5) is 0. The van der Waals surface area contributed by atoms with Gasteiger partial charge in [0, 0.05) is 13.2 Å². The molecule has 0 aliphatic rings. The van der Waals surface area contributed by atoms with E-state index in [0.29, 0.717) is 0 Å². The second-order valence-electron chi connectivity index (χ2n) is 6.40. The first-order valence-corrected chi connectivity index (χ1v) is 9.83. The first-order chi connectivity index (χ1) is 8.32. The quantitative estimate of drug-likeness (QED) is 0.552. The van der Waals surface area contributed by atoms with Crippen molar-refractivity contribution in [1.82, 2.24) is 0 Å². The minimum absolute atomic E-state index is 0.280. The fourth-order valence-electron chi connectivity index (χ4n) is 2.69. The Hall–Kier alpha value is 0.137. The van der Waals surface area contributed by atoms with E-state index in [-0.39, 0.29) is 5.41 Å². The van der Waals surface area contributed by atoms with Crippen LogP contribution in [0.15, 0.2) is 0 Å². The lowest BCUT2D eigenvalue weighted by Crippen LogP contribution is -2.46. The maximum Gasteiger partial charge on any atom is 0.338 e. The molecule has 0 saturated carbocycles. The minimum atomic E-state index is -2.04. The summed E-state index contributed by atoms with van der Waals surface area (Å²) in [6.07, 6.45) is 2.46. The molecule has 0 aliphatic carbocycles. The van der Waals surface area contributed by atoms with Crippen molar-refractivity contribution in [3.63, 3.8) is 0 Å². The molecule has 0 radical (unpaired) electrons. The van der Waals surface area contributed by atoms with Crippen LogP contribution in [0.5, 0.6) is 0 Å². The summed E-state index contributed by atoms with van der Waals surface area (Å²) in [6, 6.07) is 2.25. The Labute approximate surface area is 116 Å². The fraction of sp³-hybridized carbons (Fsp3) is 1.00. The van der Waals surface area contributed by atoms with Crippen LogP contribution in [0.4, 0.5) is 0 Å². The van der Waals surface area contributed by atoms with Crippen molar-refractivity contribution in [2.45, 2.75) is 73.4 Å². The first kappa shape index (κ1) is 18.1. The van der Waals surface area contributed by atoms with Gasteiger partial charge in [-0.05, 0) is 37.3 Å². The van der Waals surface area contributed by atoms with Crippen molar-refractivity contribution in [3.05, 3.63) is 0 Å². The van der Waals surface area contributed by atoms with Gasteiger partial charge in [-0.1, -0.05) is 47.5 Å². The molecule has 18 heavy (non-hydrogen) atoms. The van der Waals surface area contributed by atoms with Crippen molar-refractivity contribution in [2.75, 3.05) is 13.2 Å². The zero-order valence-corrected chi connectivity index (χ0v) is 14.6. The zero-order chi connectivity index (χ0) is 14.2. The molecule has 0 saturated heterocycles. The zero-order valence-electron chi connectivity index (χ0n) is 13.6. The van der Waals surface area contributed by atoms with Gasteiger partial charge in [-0.25, -0.2) is 0 Å². The minimum Gasteiger partial charge on any atom is -0.394 e.